The van der Waals surface area contributed by atoms with Crippen molar-refractivity contribution in [1.82, 2.24) is 9.97 Å². The number of benzene rings is 2. The molecular weight excluding hydrogens is 270 g/mol. The predicted molar refractivity (Wildman–Crippen MR) is 81.6 cm³/mol. The van der Waals surface area contributed by atoms with E-state index in [1.807, 2.05) is 48.5 Å². The third-order valence-corrected chi connectivity index (χ3v) is 3.47. The molecular formula is C16H14ClN3. The zero-order valence-corrected chi connectivity index (χ0v) is 11.6. The molecule has 3 nitrogen and oxygen atoms in total. The summed E-state index contributed by atoms with van der Waals surface area (Å²) in [6.07, 6.45) is 2.47. The topological polar surface area (TPSA) is 51.8 Å². The molecule has 0 saturated carbocycles. The highest BCUT2D eigenvalue weighted by molar-refractivity contribution is 6.30. The first-order chi connectivity index (χ1) is 9.72. The molecule has 3 aromatic rings. The Hall–Kier alpha value is -1.97. The van der Waals surface area contributed by atoms with Crippen molar-refractivity contribution in [2.75, 3.05) is 0 Å². The fourth-order valence-electron chi connectivity index (χ4n) is 2.13. The van der Waals surface area contributed by atoms with Gasteiger partial charge in [0.15, 0.2) is 0 Å². The van der Waals surface area contributed by atoms with Gasteiger partial charge in [-0.2, -0.15) is 0 Å². The summed E-state index contributed by atoms with van der Waals surface area (Å²) in [5.74, 6) is 0. The number of hydrogen-bond acceptors (Lipinski definition) is 3. The fraction of sp³-hybridized carbons (Fsp3) is 0.125. The maximum Gasteiger partial charge on any atom is 0.0890 e. The second-order valence-corrected chi connectivity index (χ2v) is 5.16. The van der Waals surface area contributed by atoms with Gasteiger partial charge >= 0.3 is 0 Å². The zero-order valence-electron chi connectivity index (χ0n) is 10.8. The van der Waals surface area contributed by atoms with Gasteiger partial charge in [0.1, 0.15) is 0 Å². The Morgan fingerprint density at radius 2 is 1.70 bits per heavy atom. The molecule has 2 aromatic carbocycles. The van der Waals surface area contributed by atoms with Crippen LogP contribution >= 0.6 is 11.6 Å². The van der Waals surface area contributed by atoms with Crippen LogP contribution in [0.4, 0.5) is 0 Å². The summed E-state index contributed by atoms with van der Waals surface area (Å²) in [7, 11) is 0. The molecule has 1 atom stereocenters. The molecule has 1 unspecified atom stereocenters. The summed E-state index contributed by atoms with van der Waals surface area (Å²) >= 11 is 5.88. The second-order valence-electron chi connectivity index (χ2n) is 4.72. The van der Waals surface area contributed by atoms with Crippen LogP contribution in [0.3, 0.4) is 0 Å². The largest absolute Gasteiger partial charge is 0.322 e. The first-order valence-corrected chi connectivity index (χ1v) is 6.82. The first-order valence-electron chi connectivity index (χ1n) is 6.44. The maximum absolute atomic E-state index is 6.22. The van der Waals surface area contributed by atoms with E-state index in [1.54, 1.807) is 6.20 Å². The molecule has 0 spiro atoms. The van der Waals surface area contributed by atoms with Gasteiger partial charge in [-0.15, -0.1) is 0 Å². The number of para-hydroxylation sites is 2. The number of aromatic nitrogens is 2. The van der Waals surface area contributed by atoms with Crippen molar-refractivity contribution in [3.8, 4) is 0 Å². The van der Waals surface area contributed by atoms with Crippen LogP contribution in [0, 0.1) is 0 Å². The summed E-state index contributed by atoms with van der Waals surface area (Å²) in [4.78, 5) is 8.97. The molecule has 0 aliphatic carbocycles. The molecule has 0 fully saturated rings. The molecule has 3 rings (SSSR count). The minimum Gasteiger partial charge on any atom is -0.322 e. The minimum atomic E-state index is -0.173. The third-order valence-electron chi connectivity index (χ3n) is 3.22. The zero-order chi connectivity index (χ0) is 13.9. The van der Waals surface area contributed by atoms with Gasteiger partial charge in [-0.05, 0) is 36.2 Å². The van der Waals surface area contributed by atoms with E-state index in [9.17, 15) is 0 Å². The Morgan fingerprint density at radius 1 is 1.00 bits per heavy atom. The summed E-state index contributed by atoms with van der Waals surface area (Å²) < 4.78 is 0. The van der Waals surface area contributed by atoms with E-state index in [0.717, 1.165) is 27.3 Å². The number of rotatable bonds is 3. The number of fused-ring (bicyclic) bond motifs is 1. The Balaban J connectivity index is 1.84. The molecule has 1 heterocycles. The van der Waals surface area contributed by atoms with Crippen LogP contribution in [0.25, 0.3) is 11.0 Å². The van der Waals surface area contributed by atoms with Crippen LogP contribution in [0.1, 0.15) is 17.3 Å². The van der Waals surface area contributed by atoms with Crippen LogP contribution < -0.4 is 5.73 Å². The van der Waals surface area contributed by atoms with Crippen LogP contribution in [-0.2, 0) is 6.42 Å². The van der Waals surface area contributed by atoms with Gasteiger partial charge in [0.25, 0.3) is 0 Å². The van der Waals surface area contributed by atoms with Crippen molar-refractivity contribution in [3.05, 3.63) is 71.0 Å². The van der Waals surface area contributed by atoms with E-state index >= 15 is 0 Å². The Kier molecular flexibility index (Phi) is 3.63. The number of nitrogens with zero attached hydrogens (tertiary/aromatic N) is 2. The lowest BCUT2D eigenvalue weighted by molar-refractivity contribution is 0.696. The van der Waals surface area contributed by atoms with E-state index in [1.165, 1.54) is 0 Å². The van der Waals surface area contributed by atoms with Crippen LogP contribution in [0.2, 0.25) is 5.02 Å². The van der Waals surface area contributed by atoms with Crippen molar-refractivity contribution in [1.29, 1.82) is 0 Å². The maximum atomic E-state index is 6.22. The van der Waals surface area contributed by atoms with Crippen molar-refractivity contribution < 1.29 is 0 Å². The lowest BCUT2D eigenvalue weighted by Gasteiger charge is -2.11. The van der Waals surface area contributed by atoms with E-state index < -0.39 is 0 Å². The molecule has 0 saturated heterocycles. The van der Waals surface area contributed by atoms with Crippen molar-refractivity contribution in [3.63, 3.8) is 0 Å². The summed E-state index contributed by atoms with van der Waals surface area (Å²) in [5, 5.41) is 0.729. The van der Waals surface area contributed by atoms with Gasteiger partial charge in [0, 0.05) is 5.02 Å². The quantitative estimate of drug-likeness (QED) is 0.800. The van der Waals surface area contributed by atoms with Gasteiger partial charge < -0.3 is 5.73 Å². The summed E-state index contributed by atoms with van der Waals surface area (Å²) in [6.45, 7) is 0. The molecule has 0 bridgehead atoms. The van der Waals surface area contributed by atoms with Gasteiger partial charge in [0.05, 0.1) is 29.0 Å². The van der Waals surface area contributed by atoms with E-state index in [4.69, 9.17) is 17.3 Å². The van der Waals surface area contributed by atoms with Gasteiger partial charge in [-0.3, -0.25) is 4.98 Å². The molecule has 0 radical (unpaired) electrons. The number of nitrogens with two attached hydrogens (primary N) is 1. The smallest absolute Gasteiger partial charge is 0.0890 e. The summed E-state index contributed by atoms with van der Waals surface area (Å²) in [6, 6.07) is 15.3. The van der Waals surface area contributed by atoms with Crippen LogP contribution in [0.15, 0.2) is 54.7 Å². The number of halogens is 1. The molecule has 0 amide bonds. The summed E-state index contributed by atoms with van der Waals surface area (Å²) in [5.41, 5.74) is 9.92. The second kappa shape index (κ2) is 5.57. The van der Waals surface area contributed by atoms with E-state index in [0.29, 0.717) is 6.42 Å². The standard InChI is InChI=1S/C16H14ClN3/c17-12-7-5-11(6-8-12)9-13(18)16-10-19-14-3-1-2-4-15(14)20-16/h1-8,10,13H,9,18H2. The molecule has 1 aromatic heterocycles. The Bertz CT molecular complexity index is 725. The highest BCUT2D eigenvalue weighted by Crippen LogP contribution is 2.18. The monoisotopic (exact) mass is 283 g/mol. The average Bonchev–Trinajstić information content (AvgIpc) is 2.49. The first kappa shape index (κ1) is 13.0. The van der Waals surface area contributed by atoms with Gasteiger partial charge in [0.2, 0.25) is 0 Å². The van der Waals surface area contributed by atoms with Gasteiger partial charge in [-0.25, -0.2) is 4.98 Å². The SMILES string of the molecule is NC(Cc1ccc(Cl)cc1)c1cnc2ccccc2n1. The molecule has 0 aliphatic heterocycles. The molecule has 20 heavy (non-hydrogen) atoms. The normalized spacial score (nSPS) is 12.5. The lowest BCUT2D eigenvalue weighted by Crippen LogP contribution is -2.15. The Labute approximate surface area is 122 Å². The fourth-order valence-corrected chi connectivity index (χ4v) is 2.26. The van der Waals surface area contributed by atoms with Crippen LogP contribution in [0.5, 0.6) is 0 Å². The van der Waals surface area contributed by atoms with Gasteiger partial charge in [-0.1, -0.05) is 35.9 Å². The van der Waals surface area contributed by atoms with Crippen molar-refractivity contribution in [2.24, 2.45) is 5.73 Å². The highest BCUT2D eigenvalue weighted by Gasteiger charge is 2.10. The highest BCUT2D eigenvalue weighted by atomic mass is 35.5. The van der Waals surface area contributed by atoms with Crippen molar-refractivity contribution in [2.45, 2.75) is 12.5 Å². The third kappa shape index (κ3) is 2.79. The van der Waals surface area contributed by atoms with E-state index in [2.05, 4.69) is 9.97 Å². The minimum absolute atomic E-state index is 0.173. The number of hydrogen-bond donors (Lipinski definition) is 1. The van der Waals surface area contributed by atoms with E-state index in [-0.39, 0.29) is 6.04 Å². The lowest BCUT2D eigenvalue weighted by atomic mass is 10.0. The average molecular weight is 284 g/mol. The Morgan fingerprint density at radius 3 is 2.45 bits per heavy atom. The molecule has 0 aliphatic rings. The van der Waals surface area contributed by atoms with Crippen molar-refractivity contribution >= 4 is 22.6 Å². The molecule has 100 valence electrons. The predicted octanol–water partition coefficient (Wildman–Crippen LogP) is 3.53. The molecule has 4 heteroatoms. The molecule has 2 N–H and O–H groups in total. The van der Waals surface area contributed by atoms with Crippen LogP contribution in [-0.4, -0.2) is 9.97 Å².